The van der Waals surface area contributed by atoms with E-state index in [1.807, 2.05) is 31.2 Å². The van der Waals surface area contributed by atoms with Gasteiger partial charge in [-0.3, -0.25) is 0 Å². The molecule has 0 bridgehead atoms. The van der Waals surface area contributed by atoms with E-state index in [9.17, 15) is 0 Å². The molecule has 0 unspecified atom stereocenters. The Kier molecular flexibility index (Phi) is 6.84. The highest BCUT2D eigenvalue weighted by molar-refractivity contribution is 6.30. The Morgan fingerprint density at radius 2 is 2.17 bits per heavy atom. The molecule has 2 N–H and O–H groups in total. The average molecular weight is 268 g/mol. The predicted molar refractivity (Wildman–Crippen MR) is 78.2 cm³/mol. The van der Waals surface area contributed by atoms with Crippen LogP contribution in [0.15, 0.2) is 30.9 Å². The molecule has 0 radical (unpaired) electrons. The zero-order valence-electron chi connectivity index (χ0n) is 11.0. The monoisotopic (exact) mass is 267 g/mol. The second kappa shape index (κ2) is 8.17. The van der Waals surface area contributed by atoms with E-state index in [1.165, 1.54) is 6.42 Å². The van der Waals surface area contributed by atoms with Crippen molar-refractivity contribution < 1.29 is 4.74 Å². The van der Waals surface area contributed by atoms with E-state index in [-0.39, 0.29) is 6.04 Å². The van der Waals surface area contributed by atoms with Gasteiger partial charge < -0.3 is 10.5 Å². The van der Waals surface area contributed by atoms with Gasteiger partial charge in [-0.2, -0.15) is 0 Å². The van der Waals surface area contributed by atoms with E-state index >= 15 is 0 Å². The van der Waals surface area contributed by atoms with E-state index in [2.05, 4.69) is 6.58 Å². The number of benzene rings is 1. The molecular formula is C15H22ClNO. The Morgan fingerprint density at radius 1 is 1.39 bits per heavy atom. The fourth-order valence-electron chi connectivity index (χ4n) is 1.76. The Bertz CT molecular complexity index is 377. The first kappa shape index (κ1) is 15.1. The summed E-state index contributed by atoms with van der Waals surface area (Å²) < 4.78 is 5.77. The van der Waals surface area contributed by atoms with Gasteiger partial charge in [-0.25, -0.2) is 0 Å². The highest BCUT2D eigenvalue weighted by Gasteiger charge is 2.08. The maximum Gasteiger partial charge on any atom is 0.124 e. The van der Waals surface area contributed by atoms with E-state index in [1.54, 1.807) is 0 Å². The van der Waals surface area contributed by atoms with E-state index in [0.717, 1.165) is 37.2 Å². The SMILES string of the molecule is C=CCCCCCOc1ccc(Cl)cc1[C@H](C)N. The first-order chi connectivity index (χ1) is 8.65. The number of ether oxygens (including phenoxy) is 1. The second-order valence-electron chi connectivity index (χ2n) is 4.46. The molecule has 0 saturated carbocycles. The third-order valence-electron chi connectivity index (χ3n) is 2.77. The lowest BCUT2D eigenvalue weighted by Gasteiger charge is -2.14. The summed E-state index contributed by atoms with van der Waals surface area (Å²) in [5.41, 5.74) is 6.87. The van der Waals surface area contributed by atoms with E-state index in [0.29, 0.717) is 5.02 Å². The third-order valence-corrected chi connectivity index (χ3v) is 3.01. The molecule has 0 aromatic heterocycles. The standard InChI is InChI=1S/C15H22ClNO/c1-3-4-5-6-7-10-18-15-9-8-13(16)11-14(15)12(2)17/h3,8-9,11-12H,1,4-7,10,17H2,2H3/t12-/m0/s1. The highest BCUT2D eigenvalue weighted by atomic mass is 35.5. The minimum atomic E-state index is -0.0699. The molecule has 1 rings (SSSR count). The van der Waals surface area contributed by atoms with Gasteiger partial charge in [-0.05, 0) is 50.8 Å². The zero-order valence-corrected chi connectivity index (χ0v) is 11.7. The van der Waals surface area contributed by atoms with Crippen molar-refractivity contribution in [2.75, 3.05) is 6.61 Å². The predicted octanol–water partition coefficient (Wildman–Crippen LogP) is 4.48. The molecule has 0 aliphatic rings. The van der Waals surface area contributed by atoms with Gasteiger partial charge >= 0.3 is 0 Å². The topological polar surface area (TPSA) is 35.2 Å². The van der Waals surface area contributed by atoms with Crippen molar-refractivity contribution in [3.05, 3.63) is 41.4 Å². The minimum Gasteiger partial charge on any atom is -0.493 e. The van der Waals surface area contributed by atoms with Crippen LogP contribution in [0.3, 0.4) is 0 Å². The summed E-state index contributed by atoms with van der Waals surface area (Å²) in [6.45, 7) is 6.36. The number of hydrogen-bond donors (Lipinski definition) is 1. The van der Waals surface area contributed by atoms with Crippen molar-refractivity contribution in [3.8, 4) is 5.75 Å². The largest absolute Gasteiger partial charge is 0.493 e. The minimum absolute atomic E-state index is 0.0699. The van der Waals surface area contributed by atoms with Crippen molar-refractivity contribution in [1.82, 2.24) is 0 Å². The molecule has 2 nitrogen and oxygen atoms in total. The van der Waals surface area contributed by atoms with Gasteiger partial charge in [0, 0.05) is 16.6 Å². The fraction of sp³-hybridized carbons (Fsp3) is 0.467. The Hall–Kier alpha value is -0.990. The van der Waals surface area contributed by atoms with Crippen molar-refractivity contribution in [1.29, 1.82) is 0 Å². The summed E-state index contributed by atoms with van der Waals surface area (Å²) in [6.07, 6.45) is 6.41. The molecule has 0 aliphatic heterocycles. The molecule has 0 heterocycles. The molecule has 0 saturated heterocycles. The molecule has 3 heteroatoms. The highest BCUT2D eigenvalue weighted by Crippen LogP contribution is 2.27. The summed E-state index contributed by atoms with van der Waals surface area (Å²) in [7, 11) is 0. The average Bonchev–Trinajstić information content (AvgIpc) is 2.35. The van der Waals surface area contributed by atoms with Crippen LogP contribution in [0.5, 0.6) is 5.75 Å². The van der Waals surface area contributed by atoms with Gasteiger partial charge in [-0.15, -0.1) is 6.58 Å². The van der Waals surface area contributed by atoms with Crippen molar-refractivity contribution in [2.24, 2.45) is 5.73 Å². The van der Waals surface area contributed by atoms with Crippen molar-refractivity contribution in [2.45, 2.75) is 38.6 Å². The number of rotatable bonds is 8. The molecule has 1 aromatic carbocycles. The van der Waals surface area contributed by atoms with E-state index in [4.69, 9.17) is 22.1 Å². The van der Waals surface area contributed by atoms with Crippen LogP contribution in [-0.4, -0.2) is 6.61 Å². The molecule has 0 amide bonds. The molecule has 0 spiro atoms. The molecule has 1 atom stereocenters. The number of nitrogens with two attached hydrogens (primary N) is 1. The number of halogens is 1. The Balaban J connectivity index is 2.44. The van der Waals surface area contributed by atoms with Crippen LogP contribution in [0, 0.1) is 0 Å². The molecular weight excluding hydrogens is 246 g/mol. The van der Waals surface area contributed by atoms with Crippen LogP contribution in [0.4, 0.5) is 0 Å². The summed E-state index contributed by atoms with van der Waals surface area (Å²) in [4.78, 5) is 0. The lowest BCUT2D eigenvalue weighted by Crippen LogP contribution is -2.08. The normalized spacial score (nSPS) is 12.2. The maximum atomic E-state index is 5.96. The summed E-state index contributed by atoms with van der Waals surface area (Å²) >= 11 is 5.96. The van der Waals surface area contributed by atoms with Gasteiger partial charge in [0.05, 0.1) is 6.61 Å². The number of hydrogen-bond acceptors (Lipinski definition) is 2. The molecule has 18 heavy (non-hydrogen) atoms. The van der Waals surface area contributed by atoms with Gasteiger partial charge in [-0.1, -0.05) is 17.7 Å². The summed E-state index contributed by atoms with van der Waals surface area (Å²) in [6, 6.07) is 5.53. The lowest BCUT2D eigenvalue weighted by molar-refractivity contribution is 0.301. The summed E-state index contributed by atoms with van der Waals surface area (Å²) in [5, 5.41) is 0.695. The second-order valence-corrected chi connectivity index (χ2v) is 4.89. The smallest absolute Gasteiger partial charge is 0.124 e. The molecule has 0 fully saturated rings. The number of allylic oxidation sites excluding steroid dienone is 1. The summed E-state index contributed by atoms with van der Waals surface area (Å²) in [5.74, 6) is 0.845. The first-order valence-corrected chi connectivity index (χ1v) is 6.81. The van der Waals surface area contributed by atoms with Gasteiger partial charge in [0.1, 0.15) is 5.75 Å². The van der Waals surface area contributed by atoms with Crippen molar-refractivity contribution >= 4 is 11.6 Å². The maximum absolute atomic E-state index is 5.96. The quantitative estimate of drug-likeness (QED) is 0.557. The number of unbranched alkanes of at least 4 members (excludes halogenated alkanes) is 3. The van der Waals surface area contributed by atoms with Gasteiger partial charge in [0.2, 0.25) is 0 Å². The van der Waals surface area contributed by atoms with Gasteiger partial charge in [0.25, 0.3) is 0 Å². The first-order valence-electron chi connectivity index (χ1n) is 6.44. The van der Waals surface area contributed by atoms with Crippen LogP contribution in [0.25, 0.3) is 0 Å². The van der Waals surface area contributed by atoms with Crippen molar-refractivity contribution in [3.63, 3.8) is 0 Å². The van der Waals surface area contributed by atoms with Gasteiger partial charge in [0.15, 0.2) is 0 Å². The zero-order chi connectivity index (χ0) is 13.4. The molecule has 1 aromatic rings. The van der Waals surface area contributed by atoms with Crippen LogP contribution in [0.1, 0.15) is 44.2 Å². The Labute approximate surface area is 115 Å². The molecule has 0 aliphatic carbocycles. The Morgan fingerprint density at radius 3 is 2.83 bits per heavy atom. The van der Waals surface area contributed by atoms with E-state index < -0.39 is 0 Å². The van der Waals surface area contributed by atoms with Crippen LogP contribution in [-0.2, 0) is 0 Å². The van der Waals surface area contributed by atoms with Crippen LogP contribution < -0.4 is 10.5 Å². The van der Waals surface area contributed by atoms with Crippen LogP contribution >= 0.6 is 11.6 Å². The molecule has 100 valence electrons. The fourth-order valence-corrected chi connectivity index (χ4v) is 1.94. The third kappa shape index (κ3) is 5.11. The lowest BCUT2D eigenvalue weighted by atomic mass is 10.1. The van der Waals surface area contributed by atoms with Crippen LogP contribution in [0.2, 0.25) is 5.02 Å².